The van der Waals surface area contributed by atoms with Crippen LogP contribution in [0.25, 0.3) is 0 Å². The maximum absolute atomic E-state index is 8.97. The minimum Gasteiger partial charge on any atom is -0.396 e. The van der Waals surface area contributed by atoms with E-state index in [0.717, 1.165) is 13.0 Å². The zero-order chi connectivity index (χ0) is 9.19. The van der Waals surface area contributed by atoms with Gasteiger partial charge in [-0.25, -0.2) is 0 Å². The predicted molar refractivity (Wildman–Crippen MR) is 50.1 cm³/mol. The standard InChI is InChI=1S/C9H20N2O/c1-7(2)11-6-9(10-3)4-8(9)5-12/h7-8,10-12H,4-6H2,1-3H3/t8-,9+/m0/s1. The maximum Gasteiger partial charge on any atom is 0.0478 e. The summed E-state index contributed by atoms with van der Waals surface area (Å²) in [5.41, 5.74) is 0.180. The van der Waals surface area contributed by atoms with E-state index in [4.69, 9.17) is 5.11 Å². The van der Waals surface area contributed by atoms with Crippen molar-refractivity contribution in [3.05, 3.63) is 0 Å². The first kappa shape index (κ1) is 9.96. The molecule has 0 aliphatic heterocycles. The molecule has 1 aliphatic rings. The summed E-state index contributed by atoms with van der Waals surface area (Å²) in [4.78, 5) is 0. The van der Waals surface area contributed by atoms with E-state index < -0.39 is 0 Å². The van der Waals surface area contributed by atoms with Crippen LogP contribution in [0.5, 0.6) is 0 Å². The molecule has 0 aromatic rings. The van der Waals surface area contributed by atoms with Crippen molar-refractivity contribution in [1.29, 1.82) is 0 Å². The largest absolute Gasteiger partial charge is 0.396 e. The number of rotatable bonds is 5. The Morgan fingerprint density at radius 2 is 2.25 bits per heavy atom. The van der Waals surface area contributed by atoms with E-state index in [1.807, 2.05) is 7.05 Å². The van der Waals surface area contributed by atoms with Crippen molar-refractivity contribution in [2.75, 3.05) is 20.2 Å². The smallest absolute Gasteiger partial charge is 0.0478 e. The molecule has 0 heterocycles. The zero-order valence-electron chi connectivity index (χ0n) is 8.22. The highest BCUT2D eigenvalue weighted by Gasteiger charge is 2.52. The molecule has 0 aromatic carbocycles. The van der Waals surface area contributed by atoms with Crippen LogP contribution >= 0.6 is 0 Å². The van der Waals surface area contributed by atoms with Gasteiger partial charge in [-0.2, -0.15) is 0 Å². The third-order valence-corrected chi connectivity index (χ3v) is 2.78. The molecule has 72 valence electrons. The second kappa shape index (κ2) is 3.73. The Bertz CT molecular complexity index is 149. The van der Waals surface area contributed by atoms with Crippen LogP contribution in [0, 0.1) is 5.92 Å². The van der Waals surface area contributed by atoms with Crippen LogP contribution in [0.3, 0.4) is 0 Å². The Labute approximate surface area is 74.5 Å². The average molecular weight is 172 g/mol. The fourth-order valence-corrected chi connectivity index (χ4v) is 1.62. The molecule has 3 heteroatoms. The van der Waals surface area contributed by atoms with Crippen molar-refractivity contribution in [3.63, 3.8) is 0 Å². The zero-order valence-corrected chi connectivity index (χ0v) is 8.22. The first-order valence-corrected chi connectivity index (χ1v) is 4.68. The van der Waals surface area contributed by atoms with Gasteiger partial charge in [0.1, 0.15) is 0 Å². The highest BCUT2D eigenvalue weighted by molar-refractivity contribution is 5.10. The lowest BCUT2D eigenvalue weighted by Crippen LogP contribution is -2.43. The van der Waals surface area contributed by atoms with Crippen molar-refractivity contribution < 1.29 is 5.11 Å². The van der Waals surface area contributed by atoms with Gasteiger partial charge in [0.2, 0.25) is 0 Å². The summed E-state index contributed by atoms with van der Waals surface area (Å²) in [6.45, 7) is 5.55. The molecular weight excluding hydrogens is 152 g/mol. The molecule has 12 heavy (non-hydrogen) atoms. The molecule has 0 unspecified atom stereocenters. The summed E-state index contributed by atoms with van der Waals surface area (Å²) in [6.07, 6.45) is 1.10. The quantitative estimate of drug-likeness (QED) is 0.545. The molecule has 3 N–H and O–H groups in total. The lowest BCUT2D eigenvalue weighted by Gasteiger charge is -2.18. The van der Waals surface area contributed by atoms with Crippen molar-refractivity contribution >= 4 is 0 Å². The van der Waals surface area contributed by atoms with E-state index in [1.165, 1.54) is 0 Å². The third kappa shape index (κ3) is 1.97. The summed E-state index contributed by atoms with van der Waals surface area (Å²) in [5, 5.41) is 15.6. The Hall–Kier alpha value is -0.120. The van der Waals surface area contributed by atoms with Gasteiger partial charge >= 0.3 is 0 Å². The van der Waals surface area contributed by atoms with Gasteiger partial charge in [-0.1, -0.05) is 13.8 Å². The van der Waals surface area contributed by atoms with Crippen LogP contribution in [0.15, 0.2) is 0 Å². The van der Waals surface area contributed by atoms with Crippen molar-refractivity contribution in [2.45, 2.75) is 31.8 Å². The second-order valence-electron chi connectivity index (χ2n) is 4.03. The van der Waals surface area contributed by atoms with Gasteiger partial charge < -0.3 is 15.7 Å². The van der Waals surface area contributed by atoms with Gasteiger partial charge in [0.05, 0.1) is 0 Å². The summed E-state index contributed by atoms with van der Waals surface area (Å²) in [7, 11) is 1.97. The maximum atomic E-state index is 8.97. The molecule has 0 saturated heterocycles. The Kier molecular flexibility index (Phi) is 3.09. The van der Waals surface area contributed by atoms with E-state index in [2.05, 4.69) is 24.5 Å². The molecule has 0 aromatic heterocycles. The molecular formula is C9H20N2O. The third-order valence-electron chi connectivity index (χ3n) is 2.78. The molecule has 0 radical (unpaired) electrons. The summed E-state index contributed by atoms with van der Waals surface area (Å²) < 4.78 is 0. The molecule has 1 aliphatic carbocycles. The number of hydrogen-bond acceptors (Lipinski definition) is 3. The molecule has 3 nitrogen and oxygen atoms in total. The second-order valence-corrected chi connectivity index (χ2v) is 4.03. The fourth-order valence-electron chi connectivity index (χ4n) is 1.62. The Morgan fingerprint density at radius 3 is 2.58 bits per heavy atom. The lowest BCUT2D eigenvalue weighted by molar-refractivity contribution is 0.255. The highest BCUT2D eigenvalue weighted by Crippen LogP contribution is 2.42. The predicted octanol–water partition coefficient (Wildman–Crippen LogP) is -0.0452. The van der Waals surface area contributed by atoms with Crippen LogP contribution in [0.4, 0.5) is 0 Å². The lowest BCUT2D eigenvalue weighted by atomic mass is 10.2. The number of hydrogen-bond donors (Lipinski definition) is 3. The SMILES string of the molecule is CN[C@@]1(CNC(C)C)C[C@H]1CO. The first-order chi connectivity index (χ1) is 5.64. The molecule has 0 amide bonds. The fraction of sp³-hybridized carbons (Fsp3) is 1.00. The van der Waals surface area contributed by atoms with Gasteiger partial charge in [0, 0.05) is 30.7 Å². The molecule has 0 bridgehead atoms. The number of likely N-dealkylation sites (N-methyl/N-ethyl adjacent to an activating group) is 1. The topological polar surface area (TPSA) is 44.3 Å². The van der Waals surface area contributed by atoms with Gasteiger partial charge in [-0.15, -0.1) is 0 Å². The number of aliphatic hydroxyl groups is 1. The van der Waals surface area contributed by atoms with Gasteiger partial charge in [0.25, 0.3) is 0 Å². The van der Waals surface area contributed by atoms with E-state index in [0.29, 0.717) is 18.6 Å². The van der Waals surface area contributed by atoms with E-state index in [-0.39, 0.29) is 5.54 Å². The van der Waals surface area contributed by atoms with Crippen molar-refractivity contribution in [3.8, 4) is 0 Å². The van der Waals surface area contributed by atoms with Crippen molar-refractivity contribution in [1.82, 2.24) is 10.6 Å². The molecule has 0 spiro atoms. The van der Waals surface area contributed by atoms with Crippen molar-refractivity contribution in [2.24, 2.45) is 5.92 Å². The summed E-state index contributed by atoms with van der Waals surface area (Å²) in [6, 6.07) is 0.523. The number of nitrogens with one attached hydrogen (secondary N) is 2. The van der Waals surface area contributed by atoms with E-state index in [9.17, 15) is 0 Å². The normalized spacial score (nSPS) is 34.2. The van der Waals surface area contributed by atoms with Crippen LogP contribution in [0.1, 0.15) is 20.3 Å². The average Bonchev–Trinajstić information content (AvgIpc) is 2.76. The van der Waals surface area contributed by atoms with Gasteiger partial charge in [-0.05, 0) is 13.5 Å². The summed E-state index contributed by atoms with van der Waals surface area (Å²) >= 11 is 0. The van der Waals surface area contributed by atoms with Crippen LogP contribution in [0.2, 0.25) is 0 Å². The first-order valence-electron chi connectivity index (χ1n) is 4.68. The molecule has 1 fully saturated rings. The molecule has 1 saturated carbocycles. The Balaban J connectivity index is 2.29. The highest BCUT2D eigenvalue weighted by atomic mass is 16.3. The molecule has 1 rings (SSSR count). The summed E-state index contributed by atoms with van der Waals surface area (Å²) in [5.74, 6) is 0.453. The van der Waals surface area contributed by atoms with Crippen LogP contribution in [-0.4, -0.2) is 36.9 Å². The monoisotopic (exact) mass is 172 g/mol. The van der Waals surface area contributed by atoms with E-state index in [1.54, 1.807) is 0 Å². The van der Waals surface area contributed by atoms with Crippen LogP contribution in [-0.2, 0) is 0 Å². The minimum atomic E-state index is 0.180. The Morgan fingerprint density at radius 1 is 1.58 bits per heavy atom. The van der Waals surface area contributed by atoms with Gasteiger partial charge in [-0.3, -0.25) is 0 Å². The number of aliphatic hydroxyl groups excluding tert-OH is 1. The van der Waals surface area contributed by atoms with E-state index >= 15 is 0 Å². The minimum absolute atomic E-state index is 0.180. The van der Waals surface area contributed by atoms with Gasteiger partial charge in [0.15, 0.2) is 0 Å². The molecule has 2 atom stereocenters. The van der Waals surface area contributed by atoms with Crippen LogP contribution < -0.4 is 10.6 Å².